The zero-order valence-corrected chi connectivity index (χ0v) is 9.53. The predicted molar refractivity (Wildman–Crippen MR) is 57.6 cm³/mol. The van der Waals surface area contributed by atoms with Crippen LogP contribution >= 0.6 is 0 Å². The minimum absolute atomic E-state index is 0.0238. The van der Waals surface area contributed by atoms with Crippen molar-refractivity contribution in [3.63, 3.8) is 0 Å². The first-order valence-electron chi connectivity index (χ1n) is 5.72. The van der Waals surface area contributed by atoms with Crippen molar-refractivity contribution in [2.45, 2.75) is 31.3 Å². The molecule has 2 atom stereocenters. The quantitative estimate of drug-likeness (QED) is 0.709. The van der Waals surface area contributed by atoms with Crippen molar-refractivity contribution in [3.8, 4) is 0 Å². The van der Waals surface area contributed by atoms with E-state index in [1.54, 1.807) is 12.0 Å². The van der Waals surface area contributed by atoms with Gasteiger partial charge in [-0.2, -0.15) is 0 Å². The van der Waals surface area contributed by atoms with Gasteiger partial charge in [-0.05, 0) is 25.2 Å². The van der Waals surface area contributed by atoms with E-state index >= 15 is 0 Å². The zero-order chi connectivity index (χ0) is 10.8. The number of rotatable bonds is 5. The second-order valence-electron chi connectivity index (χ2n) is 4.67. The van der Waals surface area contributed by atoms with Crippen LogP contribution in [-0.2, 0) is 9.53 Å². The van der Waals surface area contributed by atoms with Gasteiger partial charge in [-0.3, -0.25) is 4.79 Å². The summed E-state index contributed by atoms with van der Waals surface area (Å²) in [6.45, 7) is 1.60. The third-order valence-electron chi connectivity index (χ3n) is 3.38. The molecule has 1 amide bonds. The maximum atomic E-state index is 11.7. The number of likely N-dealkylation sites (tertiary alicyclic amines) is 1. The molecule has 1 heterocycles. The Balaban J connectivity index is 1.85. The number of hydrogen-bond acceptors (Lipinski definition) is 3. The standard InChI is InChI=1S/C11H20N2O2/c1-13-6-5-9(11(13)14)12-10(7-15-2)8-3-4-8/h8-10,12H,3-7H2,1-2H3. The van der Waals surface area contributed by atoms with Crippen LogP contribution in [0.1, 0.15) is 19.3 Å². The number of nitrogens with one attached hydrogen (secondary N) is 1. The first-order valence-corrected chi connectivity index (χ1v) is 5.72. The fourth-order valence-corrected chi connectivity index (χ4v) is 2.23. The lowest BCUT2D eigenvalue weighted by molar-refractivity contribution is -0.128. The van der Waals surface area contributed by atoms with Crippen molar-refractivity contribution in [1.29, 1.82) is 0 Å². The van der Waals surface area contributed by atoms with Crippen LogP contribution < -0.4 is 5.32 Å². The molecule has 1 saturated carbocycles. The molecular weight excluding hydrogens is 192 g/mol. The van der Waals surface area contributed by atoms with Crippen LogP contribution in [0.2, 0.25) is 0 Å². The molecule has 0 aromatic heterocycles. The first-order chi connectivity index (χ1) is 7.22. The van der Waals surface area contributed by atoms with Crippen molar-refractivity contribution in [2.24, 2.45) is 5.92 Å². The highest BCUT2D eigenvalue weighted by Gasteiger charge is 2.36. The van der Waals surface area contributed by atoms with E-state index < -0.39 is 0 Å². The van der Waals surface area contributed by atoms with Gasteiger partial charge in [0.25, 0.3) is 0 Å². The van der Waals surface area contributed by atoms with E-state index in [0.717, 1.165) is 25.5 Å². The molecule has 1 N–H and O–H groups in total. The average molecular weight is 212 g/mol. The van der Waals surface area contributed by atoms with Crippen LogP contribution in [0.3, 0.4) is 0 Å². The summed E-state index contributed by atoms with van der Waals surface area (Å²) in [5.41, 5.74) is 0. The summed E-state index contributed by atoms with van der Waals surface area (Å²) in [7, 11) is 3.59. The highest BCUT2D eigenvalue weighted by molar-refractivity contribution is 5.83. The molecule has 4 nitrogen and oxygen atoms in total. The van der Waals surface area contributed by atoms with E-state index in [2.05, 4.69) is 5.32 Å². The molecule has 2 fully saturated rings. The number of amides is 1. The Hall–Kier alpha value is -0.610. The molecule has 0 aromatic rings. The summed E-state index contributed by atoms with van der Waals surface area (Å²) in [4.78, 5) is 13.5. The van der Waals surface area contributed by atoms with Gasteiger partial charge in [-0.15, -0.1) is 0 Å². The Morgan fingerprint density at radius 2 is 2.27 bits per heavy atom. The fourth-order valence-electron chi connectivity index (χ4n) is 2.23. The van der Waals surface area contributed by atoms with Crippen molar-refractivity contribution in [3.05, 3.63) is 0 Å². The number of hydrogen-bond donors (Lipinski definition) is 1. The normalized spacial score (nSPS) is 28.5. The highest BCUT2D eigenvalue weighted by atomic mass is 16.5. The van der Waals surface area contributed by atoms with Crippen LogP contribution in [0, 0.1) is 5.92 Å². The Kier molecular flexibility index (Phi) is 3.26. The van der Waals surface area contributed by atoms with Gasteiger partial charge in [-0.1, -0.05) is 0 Å². The number of likely N-dealkylation sites (N-methyl/N-ethyl adjacent to an activating group) is 1. The van der Waals surface area contributed by atoms with E-state index in [4.69, 9.17) is 4.74 Å². The van der Waals surface area contributed by atoms with Crippen LogP contribution in [0.4, 0.5) is 0 Å². The summed E-state index contributed by atoms with van der Waals surface area (Å²) >= 11 is 0. The Bertz CT molecular complexity index is 241. The molecule has 2 rings (SSSR count). The molecular formula is C11H20N2O2. The Labute approximate surface area is 91.0 Å². The van der Waals surface area contributed by atoms with Crippen LogP contribution in [0.5, 0.6) is 0 Å². The first kappa shape index (κ1) is 10.9. The fraction of sp³-hybridized carbons (Fsp3) is 0.909. The summed E-state index contributed by atoms with van der Waals surface area (Å²) in [5, 5.41) is 3.44. The van der Waals surface area contributed by atoms with E-state index in [9.17, 15) is 4.79 Å². The van der Waals surface area contributed by atoms with Gasteiger partial charge in [0.05, 0.1) is 12.6 Å². The Morgan fingerprint density at radius 3 is 2.73 bits per heavy atom. The zero-order valence-electron chi connectivity index (χ0n) is 9.53. The predicted octanol–water partition coefficient (Wildman–Crippen LogP) is 0.232. The summed E-state index contributed by atoms with van der Waals surface area (Å²) in [6, 6.07) is 0.395. The van der Waals surface area contributed by atoms with Crippen molar-refractivity contribution in [1.82, 2.24) is 10.2 Å². The number of nitrogens with zero attached hydrogens (tertiary/aromatic N) is 1. The largest absolute Gasteiger partial charge is 0.383 e. The number of carbonyl (C=O) groups is 1. The second-order valence-corrected chi connectivity index (χ2v) is 4.67. The van der Waals surface area contributed by atoms with Crippen LogP contribution in [-0.4, -0.2) is 50.2 Å². The molecule has 0 bridgehead atoms. The lowest BCUT2D eigenvalue weighted by atomic mass is 10.1. The topological polar surface area (TPSA) is 41.6 Å². The van der Waals surface area contributed by atoms with Gasteiger partial charge in [0.2, 0.25) is 5.91 Å². The summed E-state index contributed by atoms with van der Waals surface area (Å²) < 4.78 is 5.19. The molecule has 0 spiro atoms. The maximum Gasteiger partial charge on any atom is 0.239 e. The highest BCUT2D eigenvalue weighted by Crippen LogP contribution is 2.33. The second kappa shape index (κ2) is 4.49. The SMILES string of the molecule is COCC(NC1CCN(C)C1=O)C1CC1. The van der Waals surface area contributed by atoms with Crippen molar-refractivity contribution >= 4 is 5.91 Å². The third kappa shape index (κ3) is 2.49. The molecule has 0 aromatic carbocycles. The minimum Gasteiger partial charge on any atom is -0.383 e. The number of carbonyl (C=O) groups excluding carboxylic acids is 1. The van der Waals surface area contributed by atoms with Gasteiger partial charge in [0.15, 0.2) is 0 Å². The molecule has 1 aliphatic heterocycles. The molecule has 2 aliphatic rings. The van der Waals surface area contributed by atoms with Gasteiger partial charge in [0, 0.05) is 26.7 Å². The average Bonchev–Trinajstić information content (AvgIpc) is 3.00. The molecule has 2 unspecified atom stereocenters. The maximum absolute atomic E-state index is 11.7. The molecule has 1 saturated heterocycles. The lowest BCUT2D eigenvalue weighted by Crippen LogP contribution is -2.46. The van der Waals surface area contributed by atoms with E-state index in [0.29, 0.717) is 6.04 Å². The van der Waals surface area contributed by atoms with E-state index in [1.165, 1.54) is 12.8 Å². The van der Waals surface area contributed by atoms with Crippen LogP contribution in [0.25, 0.3) is 0 Å². The molecule has 4 heteroatoms. The molecule has 1 aliphatic carbocycles. The summed E-state index contributed by atoms with van der Waals surface area (Å²) in [6.07, 6.45) is 3.48. The van der Waals surface area contributed by atoms with Gasteiger partial charge < -0.3 is 15.0 Å². The van der Waals surface area contributed by atoms with Crippen LogP contribution in [0.15, 0.2) is 0 Å². The van der Waals surface area contributed by atoms with Gasteiger partial charge in [0.1, 0.15) is 0 Å². The van der Waals surface area contributed by atoms with E-state index in [1.807, 2.05) is 7.05 Å². The van der Waals surface area contributed by atoms with Crippen molar-refractivity contribution < 1.29 is 9.53 Å². The molecule has 15 heavy (non-hydrogen) atoms. The smallest absolute Gasteiger partial charge is 0.239 e. The Morgan fingerprint density at radius 1 is 1.53 bits per heavy atom. The van der Waals surface area contributed by atoms with E-state index in [-0.39, 0.29) is 11.9 Å². The van der Waals surface area contributed by atoms with Gasteiger partial charge >= 0.3 is 0 Å². The minimum atomic E-state index is 0.0238. The lowest BCUT2D eigenvalue weighted by Gasteiger charge is -2.21. The van der Waals surface area contributed by atoms with Gasteiger partial charge in [-0.25, -0.2) is 0 Å². The molecule has 86 valence electrons. The summed E-state index contributed by atoms with van der Waals surface area (Å²) in [5.74, 6) is 0.959. The third-order valence-corrected chi connectivity index (χ3v) is 3.38. The van der Waals surface area contributed by atoms with Crippen molar-refractivity contribution in [2.75, 3.05) is 27.3 Å². The number of methoxy groups -OCH3 is 1. The number of ether oxygens (including phenoxy) is 1. The monoisotopic (exact) mass is 212 g/mol. The molecule has 0 radical (unpaired) electrons.